The molecule has 2 aromatic carbocycles. The van der Waals surface area contributed by atoms with E-state index in [9.17, 15) is 19.2 Å². The molecule has 1 atom stereocenters. The number of allylic oxidation sites excluding steroid dienone is 1. The van der Waals surface area contributed by atoms with Gasteiger partial charge in [0.2, 0.25) is 11.8 Å². The second kappa shape index (κ2) is 12.7. The molecule has 44 heavy (non-hydrogen) atoms. The van der Waals surface area contributed by atoms with Crippen LogP contribution >= 0.6 is 0 Å². The van der Waals surface area contributed by atoms with Crippen molar-refractivity contribution in [2.45, 2.75) is 63.5 Å². The Morgan fingerprint density at radius 1 is 1.00 bits per heavy atom. The number of fused-ring (bicyclic) bond motifs is 2. The number of amides is 4. The van der Waals surface area contributed by atoms with Crippen molar-refractivity contribution in [1.82, 2.24) is 20.2 Å². The third-order valence-corrected chi connectivity index (χ3v) is 8.71. The molecule has 1 aliphatic carbocycles. The van der Waals surface area contributed by atoms with Crippen molar-refractivity contribution in [1.29, 1.82) is 0 Å². The molecule has 2 fully saturated rings. The molecule has 1 saturated heterocycles. The number of nitrogens with zero attached hydrogens (tertiary/aromatic N) is 4. The second-order valence-corrected chi connectivity index (χ2v) is 11.6. The quantitative estimate of drug-likeness (QED) is 0.192. The van der Waals surface area contributed by atoms with Gasteiger partial charge in [0.05, 0.1) is 34.1 Å². The molecule has 3 aromatic rings. The zero-order valence-electron chi connectivity index (χ0n) is 24.4. The van der Waals surface area contributed by atoms with Gasteiger partial charge in [0.25, 0.3) is 11.8 Å². The molecule has 11 heteroatoms. The van der Waals surface area contributed by atoms with Gasteiger partial charge < -0.3 is 11.1 Å². The highest BCUT2D eigenvalue weighted by Gasteiger charge is 2.44. The monoisotopic (exact) mass is 593 g/mol. The third kappa shape index (κ3) is 6.08. The summed E-state index contributed by atoms with van der Waals surface area (Å²) in [4.78, 5) is 64.6. The lowest BCUT2D eigenvalue weighted by molar-refractivity contribution is -0.136. The van der Waals surface area contributed by atoms with E-state index in [2.05, 4.69) is 25.6 Å². The molecule has 3 heterocycles. The number of nitrogens with one attached hydrogen (secondary N) is 2. The normalized spacial score (nSPS) is 22.5. The zero-order valence-corrected chi connectivity index (χ0v) is 24.4. The highest BCUT2D eigenvalue weighted by atomic mass is 16.2. The van der Waals surface area contributed by atoms with Crippen LogP contribution in [-0.2, 0) is 9.59 Å². The highest BCUT2D eigenvalue weighted by Crippen LogP contribution is 2.32. The molecule has 1 saturated carbocycles. The van der Waals surface area contributed by atoms with Crippen molar-refractivity contribution in [3.05, 3.63) is 71.7 Å². The van der Waals surface area contributed by atoms with Crippen molar-refractivity contribution in [3.8, 4) is 0 Å². The van der Waals surface area contributed by atoms with Crippen molar-refractivity contribution in [3.63, 3.8) is 0 Å². The molecule has 0 bridgehead atoms. The fraction of sp³-hybridized carbons (Fsp3) is 0.364. The number of carbonyl (C=O) groups is 4. The molecule has 4 N–H and O–H groups in total. The molecule has 0 radical (unpaired) electrons. The first-order valence-corrected chi connectivity index (χ1v) is 15.2. The van der Waals surface area contributed by atoms with Gasteiger partial charge in [0, 0.05) is 42.7 Å². The van der Waals surface area contributed by atoms with E-state index in [1.54, 1.807) is 24.5 Å². The van der Waals surface area contributed by atoms with E-state index in [-0.39, 0.29) is 30.4 Å². The summed E-state index contributed by atoms with van der Waals surface area (Å²) in [7, 11) is 0. The Balaban J connectivity index is 0.958. The SMILES string of the molecule is NC=C(C=NCCCC1CCC(Nc2ccc3c(c2)C(=O)N(C2CCC(=O)NC2=O)C3=O)CC1)c1cnc2ccccc2n1. The summed E-state index contributed by atoms with van der Waals surface area (Å²) in [6.07, 6.45) is 11.6. The maximum atomic E-state index is 13.1. The molecule has 1 unspecified atom stereocenters. The topological polar surface area (TPSA) is 160 Å². The summed E-state index contributed by atoms with van der Waals surface area (Å²) in [5.41, 5.74) is 10.3. The summed E-state index contributed by atoms with van der Waals surface area (Å²) in [5.74, 6) is -1.34. The maximum Gasteiger partial charge on any atom is 0.262 e. The van der Waals surface area contributed by atoms with E-state index < -0.39 is 23.8 Å². The number of para-hydroxylation sites is 2. The molecule has 0 spiro atoms. The minimum atomic E-state index is -0.962. The van der Waals surface area contributed by atoms with Crippen molar-refractivity contribution >= 4 is 52.1 Å². The van der Waals surface area contributed by atoms with Crippen LogP contribution in [0.25, 0.3) is 16.6 Å². The Bertz CT molecular complexity index is 1680. The standard InChI is InChI=1S/C33H35N7O4/c34-17-21(28-19-36-26-5-1-2-6-27(26)38-28)18-35-15-3-4-20-7-9-22(10-8-20)37-23-11-12-24-25(16-23)33(44)40(32(24)43)29-13-14-30(41)39-31(29)42/h1-2,5-6,11-12,16-20,22,29,37H,3-4,7-10,13-15,34H2,(H,39,41,42). The second-order valence-electron chi connectivity index (χ2n) is 11.6. The fourth-order valence-corrected chi connectivity index (χ4v) is 6.32. The van der Waals surface area contributed by atoms with Gasteiger partial charge in [0.15, 0.2) is 0 Å². The molecular formula is C33H35N7O4. The first-order valence-electron chi connectivity index (χ1n) is 15.2. The predicted molar refractivity (Wildman–Crippen MR) is 167 cm³/mol. The maximum absolute atomic E-state index is 13.1. The van der Waals surface area contributed by atoms with Gasteiger partial charge in [0.1, 0.15) is 6.04 Å². The van der Waals surface area contributed by atoms with Gasteiger partial charge in [-0.1, -0.05) is 12.1 Å². The number of aromatic nitrogens is 2. The van der Waals surface area contributed by atoms with Crippen LogP contribution in [-0.4, -0.2) is 63.3 Å². The number of hydrogen-bond acceptors (Lipinski definition) is 9. The van der Waals surface area contributed by atoms with Crippen LogP contribution in [0.1, 0.15) is 77.8 Å². The predicted octanol–water partition coefficient (Wildman–Crippen LogP) is 3.85. The summed E-state index contributed by atoms with van der Waals surface area (Å²) < 4.78 is 0. The van der Waals surface area contributed by atoms with E-state index >= 15 is 0 Å². The number of imide groups is 2. The number of anilines is 1. The summed E-state index contributed by atoms with van der Waals surface area (Å²) in [6.45, 7) is 0.717. The van der Waals surface area contributed by atoms with Crippen molar-refractivity contribution in [2.24, 2.45) is 16.6 Å². The number of benzene rings is 2. The van der Waals surface area contributed by atoms with Crippen molar-refractivity contribution < 1.29 is 19.2 Å². The van der Waals surface area contributed by atoms with E-state index in [0.29, 0.717) is 23.7 Å². The smallest absolute Gasteiger partial charge is 0.262 e. The van der Waals surface area contributed by atoms with Gasteiger partial charge in [-0.3, -0.25) is 39.4 Å². The van der Waals surface area contributed by atoms with Gasteiger partial charge in [-0.2, -0.15) is 0 Å². The number of nitrogens with two attached hydrogens (primary N) is 1. The Labute approximate surface area is 255 Å². The Kier molecular flexibility index (Phi) is 8.44. The van der Waals surface area contributed by atoms with Crippen LogP contribution in [0.4, 0.5) is 5.69 Å². The van der Waals surface area contributed by atoms with E-state index in [1.807, 2.05) is 30.3 Å². The van der Waals surface area contributed by atoms with Gasteiger partial charge in [-0.15, -0.1) is 0 Å². The molecule has 1 aromatic heterocycles. The lowest BCUT2D eigenvalue weighted by atomic mass is 9.83. The lowest BCUT2D eigenvalue weighted by Gasteiger charge is -2.29. The molecule has 3 aliphatic rings. The minimum Gasteiger partial charge on any atom is -0.404 e. The number of rotatable bonds is 9. The van der Waals surface area contributed by atoms with Crippen LogP contribution in [0.3, 0.4) is 0 Å². The average Bonchev–Trinajstić information content (AvgIpc) is 3.28. The third-order valence-electron chi connectivity index (χ3n) is 8.71. The first-order chi connectivity index (χ1) is 21.4. The van der Waals surface area contributed by atoms with E-state index in [4.69, 9.17) is 5.73 Å². The first kappa shape index (κ1) is 29.2. The fourth-order valence-electron chi connectivity index (χ4n) is 6.32. The number of aliphatic imine (C=N–C) groups is 1. The largest absolute Gasteiger partial charge is 0.404 e. The Hall–Kier alpha value is -4.93. The molecule has 226 valence electrons. The summed E-state index contributed by atoms with van der Waals surface area (Å²) in [5, 5.41) is 5.76. The Morgan fingerprint density at radius 2 is 1.77 bits per heavy atom. The number of piperidine rings is 1. The molecule has 2 aliphatic heterocycles. The van der Waals surface area contributed by atoms with Crippen LogP contribution in [0, 0.1) is 5.92 Å². The molecule has 6 rings (SSSR count). The number of carbonyl (C=O) groups excluding carboxylic acids is 4. The summed E-state index contributed by atoms with van der Waals surface area (Å²) >= 11 is 0. The molecular weight excluding hydrogens is 558 g/mol. The number of hydrogen-bond donors (Lipinski definition) is 3. The van der Waals surface area contributed by atoms with E-state index in [0.717, 1.165) is 65.7 Å². The Morgan fingerprint density at radius 3 is 2.55 bits per heavy atom. The van der Waals surface area contributed by atoms with Gasteiger partial charge in [-0.05, 0) is 81.2 Å². The molecule has 11 nitrogen and oxygen atoms in total. The van der Waals surface area contributed by atoms with Crippen LogP contribution < -0.4 is 16.4 Å². The molecule has 4 amide bonds. The minimum absolute atomic E-state index is 0.0980. The van der Waals surface area contributed by atoms with E-state index in [1.165, 1.54) is 6.20 Å². The van der Waals surface area contributed by atoms with Gasteiger partial charge >= 0.3 is 0 Å². The summed E-state index contributed by atoms with van der Waals surface area (Å²) in [6, 6.07) is 12.2. The van der Waals surface area contributed by atoms with Crippen LogP contribution in [0.2, 0.25) is 0 Å². The lowest BCUT2D eigenvalue weighted by Crippen LogP contribution is -2.54. The average molecular weight is 594 g/mol. The van der Waals surface area contributed by atoms with Crippen LogP contribution in [0.15, 0.2) is 59.9 Å². The van der Waals surface area contributed by atoms with Gasteiger partial charge in [-0.25, -0.2) is 4.98 Å². The van der Waals surface area contributed by atoms with Crippen LogP contribution in [0.5, 0.6) is 0 Å². The van der Waals surface area contributed by atoms with Crippen molar-refractivity contribution in [2.75, 3.05) is 11.9 Å². The highest BCUT2D eigenvalue weighted by molar-refractivity contribution is 6.23. The zero-order chi connectivity index (χ0) is 30.6.